The predicted molar refractivity (Wildman–Crippen MR) is 118 cm³/mol. The van der Waals surface area contributed by atoms with Gasteiger partial charge in [0.2, 0.25) is 0 Å². The Hall–Kier alpha value is -2.27. The van der Waals surface area contributed by atoms with Crippen molar-refractivity contribution >= 4 is 23.7 Å². The van der Waals surface area contributed by atoms with Gasteiger partial charge in [0.1, 0.15) is 0 Å². The fourth-order valence-electron chi connectivity index (χ4n) is 3.38. The first-order chi connectivity index (χ1) is 13.7. The summed E-state index contributed by atoms with van der Waals surface area (Å²) in [5, 5.41) is 18.6. The van der Waals surface area contributed by atoms with Crippen molar-refractivity contribution < 1.29 is 19.8 Å². The molecule has 0 saturated heterocycles. The Bertz CT molecular complexity index is 873. The topological polar surface area (TPSA) is 74.6 Å². The van der Waals surface area contributed by atoms with E-state index in [-0.39, 0.29) is 6.42 Å². The molecule has 1 unspecified atom stereocenters. The average Bonchev–Trinajstić information content (AvgIpc) is 2.61. The number of thioether (sulfide) groups is 1. The number of benzene rings is 2. The monoisotopic (exact) mass is 414 g/mol. The lowest BCUT2D eigenvalue weighted by molar-refractivity contribution is -0.136. The summed E-state index contributed by atoms with van der Waals surface area (Å²) < 4.78 is 0. The fraction of sp³-hybridized carbons (Fsp3) is 0.417. The molecule has 0 aliphatic heterocycles. The highest BCUT2D eigenvalue weighted by Gasteiger charge is 2.15. The highest BCUT2D eigenvalue weighted by Crippen LogP contribution is 2.28. The molecule has 0 heterocycles. The van der Waals surface area contributed by atoms with Crippen LogP contribution in [-0.2, 0) is 24.1 Å². The molecule has 2 N–H and O–H groups in total. The smallest absolute Gasteiger partial charge is 0.336 e. The second-order valence-electron chi connectivity index (χ2n) is 8.20. The minimum absolute atomic E-state index is 0.0334. The molecule has 5 heteroatoms. The largest absolute Gasteiger partial charge is 0.481 e. The summed E-state index contributed by atoms with van der Waals surface area (Å²) in [7, 11) is 0. The van der Waals surface area contributed by atoms with Crippen LogP contribution in [0.2, 0.25) is 0 Å². The molecule has 2 aromatic carbocycles. The van der Waals surface area contributed by atoms with Crippen molar-refractivity contribution in [3.63, 3.8) is 0 Å². The van der Waals surface area contributed by atoms with Gasteiger partial charge in [-0.1, -0.05) is 50.6 Å². The Kier molecular flexibility index (Phi) is 8.32. The number of carboxylic acid groups (broad SMARTS) is 2. The standard InChI is InChI=1S/C24H30O4S/c1-15(2)14-29-22-12-18(6-8-21(22)24(27)28)9-17(4)11-20-10-16(3)5-7-19(20)13-23(25)26/h5-8,10,12,15,17H,9,11,13-14H2,1-4H3,(H,25,26)(H,27,28). The Morgan fingerprint density at radius 2 is 1.69 bits per heavy atom. The van der Waals surface area contributed by atoms with E-state index < -0.39 is 11.9 Å². The second kappa shape index (κ2) is 10.5. The van der Waals surface area contributed by atoms with Crippen molar-refractivity contribution in [2.75, 3.05) is 5.75 Å². The third-order valence-corrected chi connectivity index (χ3v) is 6.19. The van der Waals surface area contributed by atoms with E-state index in [0.29, 0.717) is 17.4 Å². The molecule has 0 amide bonds. The van der Waals surface area contributed by atoms with Gasteiger partial charge in [0.05, 0.1) is 12.0 Å². The summed E-state index contributed by atoms with van der Waals surface area (Å²) in [4.78, 5) is 23.5. The Balaban J connectivity index is 2.17. The van der Waals surface area contributed by atoms with Crippen molar-refractivity contribution in [3.05, 3.63) is 64.2 Å². The average molecular weight is 415 g/mol. The van der Waals surface area contributed by atoms with Gasteiger partial charge in [0.25, 0.3) is 0 Å². The number of aromatic carboxylic acids is 1. The maximum Gasteiger partial charge on any atom is 0.336 e. The first-order valence-corrected chi connectivity index (χ1v) is 10.9. The molecule has 0 aliphatic rings. The molecule has 0 radical (unpaired) electrons. The molecular formula is C24H30O4S. The second-order valence-corrected chi connectivity index (χ2v) is 9.26. The quantitative estimate of drug-likeness (QED) is 0.503. The van der Waals surface area contributed by atoms with Gasteiger partial charge in [-0.15, -0.1) is 11.8 Å². The molecule has 29 heavy (non-hydrogen) atoms. The summed E-state index contributed by atoms with van der Waals surface area (Å²) in [5.41, 5.74) is 4.54. The van der Waals surface area contributed by atoms with E-state index >= 15 is 0 Å². The molecule has 156 valence electrons. The number of hydrogen-bond donors (Lipinski definition) is 2. The van der Waals surface area contributed by atoms with Crippen molar-refractivity contribution in [3.8, 4) is 0 Å². The number of aliphatic carboxylic acids is 1. The van der Waals surface area contributed by atoms with E-state index in [0.717, 1.165) is 45.7 Å². The molecule has 0 aromatic heterocycles. The van der Waals surface area contributed by atoms with E-state index in [9.17, 15) is 19.8 Å². The van der Waals surface area contributed by atoms with Gasteiger partial charge in [-0.05, 0) is 60.4 Å². The minimum Gasteiger partial charge on any atom is -0.481 e. The van der Waals surface area contributed by atoms with Crippen molar-refractivity contribution in [2.24, 2.45) is 11.8 Å². The highest BCUT2D eigenvalue weighted by atomic mass is 32.2. The highest BCUT2D eigenvalue weighted by molar-refractivity contribution is 7.99. The van der Waals surface area contributed by atoms with E-state index in [1.165, 1.54) is 0 Å². The molecule has 0 saturated carbocycles. The van der Waals surface area contributed by atoms with E-state index in [4.69, 9.17) is 0 Å². The summed E-state index contributed by atoms with van der Waals surface area (Å²) in [6.07, 6.45) is 1.64. The van der Waals surface area contributed by atoms with Gasteiger partial charge in [-0.25, -0.2) is 4.79 Å². The van der Waals surface area contributed by atoms with E-state index in [1.54, 1.807) is 17.8 Å². The summed E-state index contributed by atoms with van der Waals surface area (Å²) in [5.74, 6) is -0.0462. The van der Waals surface area contributed by atoms with E-state index in [2.05, 4.69) is 26.8 Å². The van der Waals surface area contributed by atoms with Crippen LogP contribution < -0.4 is 0 Å². The number of carbonyl (C=O) groups is 2. The molecule has 2 rings (SSSR count). The van der Waals surface area contributed by atoms with Crippen LogP contribution in [0, 0.1) is 18.8 Å². The normalized spacial score (nSPS) is 12.2. The van der Waals surface area contributed by atoms with Crippen LogP contribution in [0.15, 0.2) is 41.3 Å². The first kappa shape index (κ1) is 23.0. The van der Waals surface area contributed by atoms with Gasteiger partial charge < -0.3 is 10.2 Å². The van der Waals surface area contributed by atoms with Crippen LogP contribution in [0.25, 0.3) is 0 Å². The third-order valence-electron chi connectivity index (χ3n) is 4.70. The first-order valence-electron chi connectivity index (χ1n) is 9.95. The lowest BCUT2D eigenvalue weighted by Gasteiger charge is -2.16. The Morgan fingerprint density at radius 3 is 2.31 bits per heavy atom. The number of rotatable bonds is 10. The third kappa shape index (κ3) is 7.24. The van der Waals surface area contributed by atoms with Gasteiger partial charge in [-0.3, -0.25) is 4.79 Å². The fourth-order valence-corrected chi connectivity index (χ4v) is 4.43. The van der Waals surface area contributed by atoms with Crippen molar-refractivity contribution in [2.45, 2.75) is 51.9 Å². The molecule has 4 nitrogen and oxygen atoms in total. The van der Waals surface area contributed by atoms with Crippen LogP contribution in [0.5, 0.6) is 0 Å². The molecule has 0 spiro atoms. The lowest BCUT2D eigenvalue weighted by atomic mass is 9.90. The van der Waals surface area contributed by atoms with Crippen LogP contribution in [0.4, 0.5) is 0 Å². The maximum atomic E-state index is 11.5. The lowest BCUT2D eigenvalue weighted by Crippen LogP contribution is -2.10. The number of carboxylic acids is 2. The number of hydrogen-bond acceptors (Lipinski definition) is 3. The van der Waals surface area contributed by atoms with Crippen molar-refractivity contribution in [1.29, 1.82) is 0 Å². The summed E-state index contributed by atoms with van der Waals surface area (Å²) in [6, 6.07) is 11.5. The van der Waals surface area contributed by atoms with Crippen LogP contribution in [-0.4, -0.2) is 27.9 Å². The molecular weight excluding hydrogens is 384 g/mol. The zero-order valence-electron chi connectivity index (χ0n) is 17.6. The zero-order chi connectivity index (χ0) is 21.6. The van der Waals surface area contributed by atoms with Gasteiger partial charge in [0.15, 0.2) is 0 Å². The zero-order valence-corrected chi connectivity index (χ0v) is 18.4. The predicted octanol–water partition coefficient (Wildman–Crippen LogP) is 5.49. The molecule has 0 bridgehead atoms. The van der Waals surface area contributed by atoms with Crippen LogP contribution >= 0.6 is 11.8 Å². The molecule has 0 fully saturated rings. The minimum atomic E-state index is -0.895. The van der Waals surface area contributed by atoms with Crippen molar-refractivity contribution in [1.82, 2.24) is 0 Å². The van der Waals surface area contributed by atoms with Gasteiger partial charge in [0, 0.05) is 10.6 Å². The maximum absolute atomic E-state index is 11.5. The van der Waals surface area contributed by atoms with Crippen LogP contribution in [0.3, 0.4) is 0 Å². The molecule has 2 aromatic rings. The number of aryl methyl sites for hydroxylation is 1. The molecule has 1 atom stereocenters. The summed E-state index contributed by atoms with van der Waals surface area (Å²) >= 11 is 1.59. The van der Waals surface area contributed by atoms with Gasteiger partial charge in [-0.2, -0.15) is 0 Å². The van der Waals surface area contributed by atoms with Crippen LogP contribution in [0.1, 0.15) is 53.4 Å². The Morgan fingerprint density at radius 1 is 0.966 bits per heavy atom. The Labute approximate surface area is 177 Å². The molecule has 0 aliphatic carbocycles. The van der Waals surface area contributed by atoms with Gasteiger partial charge >= 0.3 is 11.9 Å². The summed E-state index contributed by atoms with van der Waals surface area (Å²) in [6.45, 7) is 8.41. The van der Waals surface area contributed by atoms with E-state index in [1.807, 2.05) is 31.2 Å². The SMILES string of the molecule is Cc1ccc(CC(=O)O)c(CC(C)Cc2ccc(C(=O)O)c(SCC(C)C)c2)c1.